The highest BCUT2D eigenvalue weighted by molar-refractivity contribution is 7.89. The summed E-state index contributed by atoms with van der Waals surface area (Å²) in [7, 11) is -3.93. The fraction of sp³-hybridized carbons (Fsp3) is 0.321. The van der Waals surface area contributed by atoms with Crippen LogP contribution in [-0.4, -0.2) is 56.3 Å². The maximum absolute atomic E-state index is 13.9. The van der Waals surface area contributed by atoms with Crippen molar-refractivity contribution in [2.24, 2.45) is 0 Å². The van der Waals surface area contributed by atoms with Crippen LogP contribution in [0, 0.1) is 26.6 Å². The summed E-state index contributed by atoms with van der Waals surface area (Å²) in [6.07, 6.45) is 0. The van der Waals surface area contributed by atoms with E-state index < -0.39 is 10.0 Å². The van der Waals surface area contributed by atoms with Gasteiger partial charge in [0.15, 0.2) is 0 Å². The number of sulfonamides is 1. The number of benzene rings is 3. The highest BCUT2D eigenvalue weighted by Gasteiger charge is 2.32. The molecule has 0 N–H and O–H groups in total. The molecule has 0 bridgehead atoms. The van der Waals surface area contributed by atoms with Crippen LogP contribution in [0.3, 0.4) is 0 Å². The Balaban J connectivity index is 1.54. The number of rotatable bonds is 7. The van der Waals surface area contributed by atoms with Gasteiger partial charge in [0.2, 0.25) is 15.9 Å². The lowest BCUT2D eigenvalue weighted by Gasteiger charge is -2.37. The van der Waals surface area contributed by atoms with Gasteiger partial charge in [0.1, 0.15) is 5.82 Å². The maximum atomic E-state index is 13.9. The first kappa shape index (κ1) is 25.9. The third-order valence-electron chi connectivity index (χ3n) is 6.54. The Morgan fingerprint density at radius 3 is 2.06 bits per heavy atom. The molecule has 1 heterocycles. The lowest BCUT2D eigenvalue weighted by Crippen LogP contribution is -2.51. The van der Waals surface area contributed by atoms with Gasteiger partial charge in [-0.1, -0.05) is 48.0 Å². The van der Waals surface area contributed by atoms with E-state index in [1.54, 1.807) is 30.9 Å². The molecule has 0 saturated carbocycles. The second kappa shape index (κ2) is 10.8. The van der Waals surface area contributed by atoms with Crippen LogP contribution in [0.15, 0.2) is 71.6 Å². The second-order valence-electron chi connectivity index (χ2n) is 9.33. The molecule has 8 heteroatoms. The van der Waals surface area contributed by atoms with Gasteiger partial charge in [0, 0.05) is 38.4 Å². The second-order valence-corrected chi connectivity index (χ2v) is 11.2. The fourth-order valence-electron chi connectivity index (χ4n) is 4.83. The van der Waals surface area contributed by atoms with Crippen LogP contribution in [-0.2, 0) is 21.4 Å². The zero-order chi connectivity index (χ0) is 25.9. The first-order chi connectivity index (χ1) is 17.1. The first-order valence-electron chi connectivity index (χ1n) is 12.1. The van der Waals surface area contributed by atoms with Crippen LogP contribution in [0.1, 0.15) is 22.3 Å². The number of carbonyl (C=O) groups excluding carboxylic acids is 1. The van der Waals surface area contributed by atoms with E-state index in [1.165, 1.54) is 16.4 Å². The minimum atomic E-state index is -3.93. The van der Waals surface area contributed by atoms with E-state index in [-0.39, 0.29) is 29.7 Å². The molecule has 6 nitrogen and oxygen atoms in total. The zero-order valence-corrected chi connectivity index (χ0v) is 21.8. The average molecular weight is 510 g/mol. The molecule has 0 spiro atoms. The molecule has 0 aromatic heterocycles. The topological polar surface area (TPSA) is 60.9 Å². The van der Waals surface area contributed by atoms with Crippen molar-refractivity contribution in [3.8, 4) is 0 Å². The Hall–Kier alpha value is -3.23. The molecule has 1 fully saturated rings. The summed E-state index contributed by atoms with van der Waals surface area (Å²) < 4.78 is 42.3. The van der Waals surface area contributed by atoms with Crippen molar-refractivity contribution in [1.29, 1.82) is 0 Å². The third kappa shape index (κ3) is 5.77. The largest absolute Gasteiger partial charge is 0.368 e. The Labute approximate surface area is 213 Å². The van der Waals surface area contributed by atoms with Gasteiger partial charge in [-0.2, -0.15) is 4.31 Å². The summed E-state index contributed by atoms with van der Waals surface area (Å²) in [4.78, 5) is 17.4. The molecule has 0 unspecified atom stereocenters. The highest BCUT2D eigenvalue weighted by Crippen LogP contribution is 2.27. The Morgan fingerprint density at radius 2 is 1.47 bits per heavy atom. The van der Waals surface area contributed by atoms with Crippen LogP contribution in [0.25, 0.3) is 0 Å². The summed E-state index contributed by atoms with van der Waals surface area (Å²) in [5.41, 5.74) is 4.06. The number of piperazine rings is 1. The molecule has 1 aliphatic heterocycles. The molecular weight excluding hydrogens is 477 g/mol. The molecule has 3 aromatic carbocycles. The number of hydrogen-bond acceptors (Lipinski definition) is 4. The Kier molecular flexibility index (Phi) is 7.76. The SMILES string of the molecule is Cc1cc(C)c(S(=O)(=O)N(CC(=O)N2CCN(c3ccc(F)cc3)CC2)Cc2ccccc2)c(C)c1. The summed E-state index contributed by atoms with van der Waals surface area (Å²) in [5.74, 6) is -0.512. The number of aryl methyl sites for hydroxylation is 3. The van der Waals surface area contributed by atoms with Gasteiger partial charge in [-0.05, 0) is 61.7 Å². The van der Waals surface area contributed by atoms with E-state index in [0.717, 1.165) is 16.8 Å². The third-order valence-corrected chi connectivity index (χ3v) is 8.64. The normalized spacial score (nSPS) is 14.4. The molecule has 0 atom stereocenters. The number of hydrogen-bond donors (Lipinski definition) is 0. The smallest absolute Gasteiger partial charge is 0.244 e. The lowest BCUT2D eigenvalue weighted by atomic mass is 10.1. The van der Waals surface area contributed by atoms with Crippen LogP contribution in [0.2, 0.25) is 0 Å². The molecule has 1 saturated heterocycles. The lowest BCUT2D eigenvalue weighted by molar-refractivity contribution is -0.131. The van der Waals surface area contributed by atoms with Gasteiger partial charge in [-0.15, -0.1) is 0 Å². The summed E-state index contributed by atoms with van der Waals surface area (Å²) in [6.45, 7) is 7.53. The van der Waals surface area contributed by atoms with E-state index in [2.05, 4.69) is 4.90 Å². The monoisotopic (exact) mass is 509 g/mol. The van der Waals surface area contributed by atoms with Crippen molar-refractivity contribution in [2.75, 3.05) is 37.6 Å². The van der Waals surface area contributed by atoms with Crippen molar-refractivity contribution in [1.82, 2.24) is 9.21 Å². The molecule has 0 radical (unpaired) electrons. The van der Waals surface area contributed by atoms with Crippen molar-refractivity contribution >= 4 is 21.6 Å². The number of anilines is 1. The number of nitrogens with zero attached hydrogens (tertiary/aromatic N) is 3. The molecule has 1 amide bonds. The average Bonchev–Trinajstić information content (AvgIpc) is 2.84. The molecule has 0 aliphatic carbocycles. The van der Waals surface area contributed by atoms with E-state index in [4.69, 9.17) is 0 Å². The number of amides is 1. The summed E-state index contributed by atoms with van der Waals surface area (Å²) >= 11 is 0. The van der Waals surface area contributed by atoms with Crippen LogP contribution in [0.4, 0.5) is 10.1 Å². The molecule has 3 aromatic rings. The molecule has 4 rings (SSSR count). The Morgan fingerprint density at radius 1 is 0.889 bits per heavy atom. The molecule has 190 valence electrons. The van der Waals surface area contributed by atoms with Gasteiger partial charge < -0.3 is 9.80 Å². The van der Waals surface area contributed by atoms with E-state index in [1.807, 2.05) is 49.4 Å². The fourth-order valence-corrected chi connectivity index (χ4v) is 6.62. The van der Waals surface area contributed by atoms with Crippen LogP contribution in [0.5, 0.6) is 0 Å². The van der Waals surface area contributed by atoms with Crippen molar-refractivity contribution in [2.45, 2.75) is 32.2 Å². The minimum absolute atomic E-state index is 0.108. The summed E-state index contributed by atoms with van der Waals surface area (Å²) in [6, 6.07) is 19.4. The van der Waals surface area contributed by atoms with Crippen LogP contribution < -0.4 is 4.90 Å². The minimum Gasteiger partial charge on any atom is -0.368 e. The predicted molar refractivity (Wildman–Crippen MR) is 140 cm³/mol. The number of halogens is 1. The van der Waals surface area contributed by atoms with E-state index in [0.29, 0.717) is 37.3 Å². The van der Waals surface area contributed by atoms with E-state index >= 15 is 0 Å². The van der Waals surface area contributed by atoms with Gasteiger partial charge in [-0.25, -0.2) is 12.8 Å². The van der Waals surface area contributed by atoms with Crippen molar-refractivity contribution in [3.63, 3.8) is 0 Å². The molecular formula is C28H32FN3O3S. The highest BCUT2D eigenvalue weighted by atomic mass is 32.2. The van der Waals surface area contributed by atoms with E-state index in [9.17, 15) is 17.6 Å². The summed E-state index contributed by atoms with van der Waals surface area (Å²) in [5, 5.41) is 0. The van der Waals surface area contributed by atoms with Crippen LogP contribution >= 0.6 is 0 Å². The Bertz CT molecular complexity index is 1300. The predicted octanol–water partition coefficient (Wildman–Crippen LogP) is 4.29. The van der Waals surface area contributed by atoms with Gasteiger partial charge in [0.25, 0.3) is 0 Å². The van der Waals surface area contributed by atoms with Crippen molar-refractivity contribution in [3.05, 3.63) is 94.8 Å². The molecule has 1 aliphatic rings. The van der Waals surface area contributed by atoms with Crippen molar-refractivity contribution < 1.29 is 17.6 Å². The zero-order valence-electron chi connectivity index (χ0n) is 20.9. The maximum Gasteiger partial charge on any atom is 0.244 e. The quantitative estimate of drug-likeness (QED) is 0.477. The first-order valence-corrected chi connectivity index (χ1v) is 13.5. The molecule has 36 heavy (non-hydrogen) atoms. The van der Waals surface area contributed by atoms with Gasteiger partial charge in [0.05, 0.1) is 11.4 Å². The standard InChI is InChI=1S/C28H32FN3O3S/c1-21-17-22(2)28(23(3)18-21)36(34,35)32(19-24-7-5-4-6-8-24)20-27(33)31-15-13-30(14-16-31)26-11-9-25(29)10-12-26/h4-12,17-18H,13-16,19-20H2,1-3H3. The van der Waals surface area contributed by atoms with Gasteiger partial charge >= 0.3 is 0 Å². The van der Waals surface area contributed by atoms with Gasteiger partial charge in [-0.3, -0.25) is 4.79 Å². The number of carbonyl (C=O) groups is 1.